The molecule has 0 unspecified atom stereocenters. The second-order valence-corrected chi connectivity index (χ2v) is 9.05. The van der Waals surface area contributed by atoms with Crippen molar-refractivity contribution in [3.8, 4) is 0 Å². The number of esters is 1. The van der Waals surface area contributed by atoms with E-state index >= 15 is 0 Å². The average Bonchev–Trinajstić information content (AvgIpc) is 3.14. The Morgan fingerprint density at radius 2 is 2.00 bits per heavy atom. The van der Waals surface area contributed by atoms with E-state index in [2.05, 4.69) is 4.72 Å². The van der Waals surface area contributed by atoms with Crippen LogP contribution in [0.1, 0.15) is 35.5 Å². The molecule has 0 aliphatic rings. The van der Waals surface area contributed by atoms with Gasteiger partial charge in [0, 0.05) is 5.39 Å². The number of sulfonamides is 1. The van der Waals surface area contributed by atoms with Crippen molar-refractivity contribution in [1.82, 2.24) is 0 Å². The molecule has 0 saturated carbocycles. The van der Waals surface area contributed by atoms with Crippen LogP contribution in [-0.4, -0.2) is 20.5 Å². The molecule has 3 rings (SSSR count). The molecule has 0 aliphatic heterocycles. The zero-order valence-corrected chi connectivity index (χ0v) is 16.5. The van der Waals surface area contributed by atoms with Crippen molar-refractivity contribution in [3.63, 3.8) is 0 Å². The molecule has 26 heavy (non-hydrogen) atoms. The maximum absolute atomic E-state index is 12.5. The molecule has 0 atom stereocenters. The highest BCUT2D eigenvalue weighted by Crippen LogP contribution is 2.32. The van der Waals surface area contributed by atoms with Crippen molar-refractivity contribution in [2.45, 2.75) is 38.0 Å². The molecule has 138 valence electrons. The maximum Gasteiger partial charge on any atom is 0.342 e. The molecule has 2 aromatic heterocycles. The Morgan fingerprint density at radius 3 is 2.62 bits per heavy atom. The molecule has 6 nitrogen and oxygen atoms in total. The van der Waals surface area contributed by atoms with E-state index in [1.165, 1.54) is 6.07 Å². The van der Waals surface area contributed by atoms with Gasteiger partial charge in [-0.15, -0.1) is 11.3 Å². The molecule has 1 N–H and O–H groups in total. The lowest BCUT2D eigenvalue weighted by Crippen LogP contribution is -2.13. The number of carbonyl (C=O) groups is 1. The van der Waals surface area contributed by atoms with Crippen LogP contribution in [0, 0.1) is 13.8 Å². The van der Waals surface area contributed by atoms with Crippen LogP contribution in [0.25, 0.3) is 11.0 Å². The third kappa shape index (κ3) is 3.47. The fraction of sp³-hybridized carbons (Fsp3) is 0.278. The van der Waals surface area contributed by atoms with Crippen LogP contribution in [0.3, 0.4) is 0 Å². The van der Waals surface area contributed by atoms with E-state index < -0.39 is 16.0 Å². The van der Waals surface area contributed by atoms with Gasteiger partial charge in [-0.25, -0.2) is 13.2 Å². The Balaban J connectivity index is 2.08. The predicted molar refractivity (Wildman–Crippen MR) is 101 cm³/mol. The minimum Gasteiger partial charge on any atom is -0.460 e. The third-order valence-electron chi connectivity index (χ3n) is 3.76. The summed E-state index contributed by atoms with van der Waals surface area (Å²) in [5, 5.41) is 2.21. The minimum absolute atomic E-state index is 0.222. The molecule has 0 radical (unpaired) electrons. The molecule has 1 aromatic carbocycles. The van der Waals surface area contributed by atoms with E-state index in [4.69, 9.17) is 9.15 Å². The number of nitrogens with one attached hydrogen (secondary N) is 1. The van der Waals surface area contributed by atoms with Crippen LogP contribution in [-0.2, 0) is 14.8 Å². The van der Waals surface area contributed by atoms with Crippen molar-refractivity contribution in [1.29, 1.82) is 0 Å². The smallest absolute Gasteiger partial charge is 0.342 e. The quantitative estimate of drug-likeness (QED) is 0.646. The molecule has 8 heteroatoms. The van der Waals surface area contributed by atoms with E-state index in [0.717, 1.165) is 11.3 Å². The van der Waals surface area contributed by atoms with Gasteiger partial charge in [0.25, 0.3) is 10.0 Å². The predicted octanol–water partition coefficient (Wildman–Crippen LogP) is 4.48. The fourth-order valence-corrected chi connectivity index (χ4v) is 4.73. The van der Waals surface area contributed by atoms with Gasteiger partial charge in [0.15, 0.2) is 0 Å². The topological polar surface area (TPSA) is 85.6 Å². The first-order chi connectivity index (χ1) is 12.2. The molecule has 0 fully saturated rings. The van der Waals surface area contributed by atoms with Crippen molar-refractivity contribution in [2.75, 3.05) is 4.72 Å². The zero-order valence-electron chi connectivity index (χ0n) is 14.8. The molecule has 2 heterocycles. The second-order valence-electron chi connectivity index (χ2n) is 6.19. The lowest BCUT2D eigenvalue weighted by atomic mass is 10.1. The van der Waals surface area contributed by atoms with E-state index in [1.54, 1.807) is 51.3 Å². The number of hydrogen-bond acceptors (Lipinski definition) is 6. The van der Waals surface area contributed by atoms with E-state index in [0.29, 0.717) is 33.5 Å². The van der Waals surface area contributed by atoms with Gasteiger partial charge in [-0.3, -0.25) is 4.72 Å². The fourth-order valence-electron chi connectivity index (χ4n) is 2.61. The lowest BCUT2D eigenvalue weighted by Gasteiger charge is -2.10. The van der Waals surface area contributed by atoms with E-state index in [1.807, 2.05) is 0 Å². The van der Waals surface area contributed by atoms with Crippen LogP contribution in [0.2, 0.25) is 0 Å². The number of ether oxygens (including phenoxy) is 1. The number of thiophene rings is 1. The SMILES string of the molecule is Cc1cc2oc(C)c(C(=O)OC(C)C)c2cc1NS(=O)(=O)c1cccs1. The first-order valence-corrected chi connectivity index (χ1v) is 10.4. The van der Waals surface area contributed by atoms with Crippen molar-refractivity contribution < 1.29 is 22.4 Å². The monoisotopic (exact) mass is 393 g/mol. The summed E-state index contributed by atoms with van der Waals surface area (Å²) >= 11 is 1.13. The molecule has 0 bridgehead atoms. The van der Waals surface area contributed by atoms with Crippen LogP contribution >= 0.6 is 11.3 Å². The Bertz CT molecular complexity index is 1060. The van der Waals surface area contributed by atoms with Gasteiger partial charge in [-0.1, -0.05) is 6.07 Å². The summed E-state index contributed by atoms with van der Waals surface area (Å²) in [7, 11) is -3.68. The van der Waals surface area contributed by atoms with Gasteiger partial charge < -0.3 is 9.15 Å². The largest absolute Gasteiger partial charge is 0.460 e. The van der Waals surface area contributed by atoms with Crippen LogP contribution in [0.5, 0.6) is 0 Å². The average molecular weight is 393 g/mol. The molecule has 0 amide bonds. The molecule has 0 spiro atoms. The van der Waals surface area contributed by atoms with Crippen LogP contribution < -0.4 is 4.72 Å². The molecule has 0 saturated heterocycles. The Hall–Kier alpha value is -2.32. The summed E-state index contributed by atoms with van der Waals surface area (Å²) in [6, 6.07) is 6.53. The van der Waals surface area contributed by atoms with Crippen LogP contribution in [0.15, 0.2) is 38.3 Å². The lowest BCUT2D eigenvalue weighted by molar-refractivity contribution is 0.0378. The van der Waals surface area contributed by atoms with Gasteiger partial charge in [-0.05, 0) is 56.8 Å². The Labute approximate surface area is 155 Å². The number of rotatable bonds is 5. The van der Waals surface area contributed by atoms with Crippen molar-refractivity contribution >= 4 is 44.0 Å². The summed E-state index contributed by atoms with van der Waals surface area (Å²) in [4.78, 5) is 12.4. The molecule has 3 aromatic rings. The minimum atomic E-state index is -3.68. The first-order valence-electron chi connectivity index (χ1n) is 8.00. The van der Waals surface area contributed by atoms with Gasteiger partial charge >= 0.3 is 5.97 Å². The van der Waals surface area contributed by atoms with Gasteiger partial charge in [0.05, 0.1) is 11.8 Å². The molecular weight excluding hydrogens is 374 g/mol. The number of furan rings is 1. The number of benzene rings is 1. The summed E-state index contributed by atoms with van der Waals surface area (Å²) < 4.78 is 38.8. The summed E-state index contributed by atoms with van der Waals surface area (Å²) in [6.07, 6.45) is -0.269. The van der Waals surface area contributed by atoms with Gasteiger partial charge in [0.1, 0.15) is 21.1 Å². The Kier molecular flexibility index (Phi) is 4.81. The number of hydrogen-bond donors (Lipinski definition) is 1. The first kappa shape index (κ1) is 18.5. The normalized spacial score (nSPS) is 11.9. The molecule has 0 aliphatic carbocycles. The van der Waals surface area contributed by atoms with Gasteiger partial charge in [-0.2, -0.15) is 0 Å². The molecular formula is C18H19NO5S2. The summed E-state index contributed by atoms with van der Waals surface area (Å²) in [5.41, 5.74) is 1.90. The van der Waals surface area contributed by atoms with Crippen molar-refractivity contribution in [2.24, 2.45) is 0 Å². The Morgan fingerprint density at radius 1 is 1.27 bits per heavy atom. The zero-order chi connectivity index (χ0) is 19.1. The summed E-state index contributed by atoms with van der Waals surface area (Å²) in [5.74, 6) is -0.0597. The second kappa shape index (κ2) is 6.77. The standard InChI is InChI=1S/C18H19NO5S2/c1-10(2)23-18(20)17-12(4)24-15-8-11(3)14(9-13(15)17)19-26(21,22)16-6-5-7-25-16/h5-10,19H,1-4H3. The number of carbonyl (C=O) groups excluding carboxylic acids is 1. The summed E-state index contributed by atoms with van der Waals surface area (Å²) in [6.45, 7) is 6.98. The third-order valence-corrected chi connectivity index (χ3v) is 6.53. The number of fused-ring (bicyclic) bond motifs is 1. The highest BCUT2D eigenvalue weighted by molar-refractivity contribution is 7.94. The highest BCUT2D eigenvalue weighted by atomic mass is 32.2. The van der Waals surface area contributed by atoms with Crippen LogP contribution in [0.4, 0.5) is 5.69 Å². The highest BCUT2D eigenvalue weighted by Gasteiger charge is 2.23. The van der Waals surface area contributed by atoms with Crippen molar-refractivity contribution in [3.05, 3.63) is 46.5 Å². The van der Waals surface area contributed by atoms with Gasteiger partial charge in [0.2, 0.25) is 0 Å². The number of anilines is 1. The van der Waals surface area contributed by atoms with E-state index in [9.17, 15) is 13.2 Å². The number of aryl methyl sites for hydroxylation is 2. The van der Waals surface area contributed by atoms with E-state index in [-0.39, 0.29) is 10.3 Å². The maximum atomic E-state index is 12.5.